The lowest BCUT2D eigenvalue weighted by Gasteiger charge is -2.11. The molecule has 0 fully saturated rings. The van der Waals surface area contributed by atoms with Gasteiger partial charge in [0.2, 0.25) is 0 Å². The van der Waals surface area contributed by atoms with Gasteiger partial charge >= 0.3 is 0 Å². The van der Waals surface area contributed by atoms with Gasteiger partial charge in [-0.15, -0.1) is 0 Å². The van der Waals surface area contributed by atoms with Crippen LogP contribution < -0.4 is 15.0 Å². The van der Waals surface area contributed by atoms with Crippen molar-refractivity contribution in [1.82, 2.24) is 0 Å². The van der Waals surface area contributed by atoms with E-state index >= 15 is 0 Å². The van der Waals surface area contributed by atoms with Crippen molar-refractivity contribution in [3.8, 4) is 5.75 Å². The average molecular weight is 294 g/mol. The molecule has 2 rings (SSSR count). The predicted octanol–water partition coefficient (Wildman–Crippen LogP) is 2.31. The SMILES string of the molecule is Cc1cc[nH+]c(NC[C@H](O)COc2ccc(Cl)cc2)c1. The first-order chi connectivity index (χ1) is 9.63. The second-order valence-electron chi connectivity index (χ2n) is 4.58. The molecule has 106 valence electrons. The monoisotopic (exact) mass is 293 g/mol. The number of aromatic nitrogens is 1. The lowest BCUT2D eigenvalue weighted by molar-refractivity contribution is -0.361. The third kappa shape index (κ3) is 4.72. The number of pyridine rings is 1. The summed E-state index contributed by atoms with van der Waals surface area (Å²) in [5, 5.41) is 13.7. The zero-order valence-corrected chi connectivity index (χ0v) is 12.0. The van der Waals surface area contributed by atoms with Gasteiger partial charge in [0.25, 0.3) is 5.82 Å². The number of hydrogen-bond acceptors (Lipinski definition) is 3. The number of aliphatic hydroxyl groups excluding tert-OH is 1. The van der Waals surface area contributed by atoms with Crippen LogP contribution >= 0.6 is 11.6 Å². The van der Waals surface area contributed by atoms with Crippen molar-refractivity contribution in [2.45, 2.75) is 13.0 Å². The minimum Gasteiger partial charge on any atom is -0.491 e. The summed E-state index contributed by atoms with van der Waals surface area (Å²) in [4.78, 5) is 3.07. The molecule has 0 aliphatic heterocycles. The molecule has 0 bridgehead atoms. The Balaban J connectivity index is 1.75. The van der Waals surface area contributed by atoms with E-state index in [9.17, 15) is 5.11 Å². The summed E-state index contributed by atoms with van der Waals surface area (Å²) in [7, 11) is 0. The standard InChI is InChI=1S/C15H17ClN2O2/c1-11-6-7-17-15(8-11)18-9-13(19)10-20-14-4-2-12(16)3-5-14/h2-8,13,19H,9-10H2,1H3,(H,17,18)/p+1/t13-/m0/s1. The first kappa shape index (κ1) is 14.6. The van der Waals surface area contributed by atoms with E-state index in [1.165, 1.54) is 0 Å². The van der Waals surface area contributed by atoms with E-state index in [0.29, 0.717) is 17.3 Å². The lowest BCUT2D eigenvalue weighted by atomic mass is 10.3. The van der Waals surface area contributed by atoms with Gasteiger partial charge in [-0.2, -0.15) is 0 Å². The highest BCUT2D eigenvalue weighted by atomic mass is 35.5. The van der Waals surface area contributed by atoms with E-state index in [4.69, 9.17) is 16.3 Å². The average Bonchev–Trinajstić information content (AvgIpc) is 2.45. The minimum atomic E-state index is -0.598. The topological polar surface area (TPSA) is 55.6 Å². The Morgan fingerprint density at radius 3 is 2.75 bits per heavy atom. The Labute approximate surface area is 123 Å². The summed E-state index contributed by atoms with van der Waals surface area (Å²) in [6, 6.07) is 11.0. The van der Waals surface area contributed by atoms with Crippen LogP contribution in [0.2, 0.25) is 5.02 Å². The van der Waals surface area contributed by atoms with Crippen molar-refractivity contribution in [2.24, 2.45) is 0 Å². The van der Waals surface area contributed by atoms with Crippen LogP contribution in [-0.2, 0) is 0 Å². The van der Waals surface area contributed by atoms with Crippen LogP contribution in [0.25, 0.3) is 0 Å². The van der Waals surface area contributed by atoms with E-state index in [2.05, 4.69) is 10.3 Å². The molecule has 1 aromatic carbocycles. The highest BCUT2D eigenvalue weighted by Gasteiger charge is 2.09. The molecule has 5 heteroatoms. The minimum absolute atomic E-state index is 0.223. The lowest BCUT2D eigenvalue weighted by Crippen LogP contribution is -2.28. The summed E-state index contributed by atoms with van der Waals surface area (Å²) in [6.07, 6.45) is 1.26. The number of ether oxygens (including phenoxy) is 1. The quantitative estimate of drug-likeness (QED) is 0.859. The molecule has 3 N–H and O–H groups in total. The molecule has 2 aromatic rings. The van der Waals surface area contributed by atoms with Gasteiger partial charge in [0.15, 0.2) is 0 Å². The summed E-state index contributed by atoms with van der Waals surface area (Å²) >= 11 is 5.79. The second-order valence-corrected chi connectivity index (χ2v) is 5.02. The molecule has 0 saturated heterocycles. The van der Waals surface area contributed by atoms with Crippen molar-refractivity contribution in [3.63, 3.8) is 0 Å². The molecule has 1 aromatic heterocycles. The number of anilines is 1. The molecule has 0 spiro atoms. The number of halogens is 1. The fraction of sp³-hybridized carbons (Fsp3) is 0.267. The van der Waals surface area contributed by atoms with Crippen LogP contribution in [0.5, 0.6) is 5.75 Å². The predicted molar refractivity (Wildman–Crippen MR) is 79.2 cm³/mol. The molecule has 0 radical (unpaired) electrons. The zero-order valence-electron chi connectivity index (χ0n) is 11.3. The summed E-state index contributed by atoms with van der Waals surface area (Å²) in [6.45, 7) is 2.65. The van der Waals surface area contributed by atoms with Gasteiger partial charge in [-0.3, -0.25) is 5.32 Å². The van der Waals surface area contributed by atoms with Gasteiger partial charge in [-0.25, -0.2) is 4.98 Å². The Hall–Kier alpha value is -1.78. The fourth-order valence-electron chi connectivity index (χ4n) is 1.69. The van der Waals surface area contributed by atoms with Crippen molar-refractivity contribution in [1.29, 1.82) is 0 Å². The summed E-state index contributed by atoms with van der Waals surface area (Å²) in [5.41, 5.74) is 1.15. The number of hydrogen-bond donors (Lipinski definition) is 2. The van der Waals surface area contributed by atoms with E-state index in [1.807, 2.05) is 25.3 Å². The zero-order chi connectivity index (χ0) is 14.4. The maximum absolute atomic E-state index is 9.87. The third-order valence-electron chi connectivity index (χ3n) is 2.74. The Morgan fingerprint density at radius 2 is 2.05 bits per heavy atom. The maximum Gasteiger partial charge on any atom is 0.272 e. The molecule has 4 nitrogen and oxygen atoms in total. The normalized spacial score (nSPS) is 11.9. The van der Waals surface area contributed by atoms with Gasteiger partial charge in [-0.1, -0.05) is 11.6 Å². The molecule has 0 aliphatic carbocycles. The Morgan fingerprint density at radius 1 is 1.30 bits per heavy atom. The van der Waals surface area contributed by atoms with E-state index in [1.54, 1.807) is 24.3 Å². The molecule has 1 heterocycles. The van der Waals surface area contributed by atoms with Crippen LogP contribution in [0, 0.1) is 6.92 Å². The third-order valence-corrected chi connectivity index (χ3v) is 2.99. The van der Waals surface area contributed by atoms with Crippen LogP contribution in [0.3, 0.4) is 0 Å². The molecule has 1 atom stereocenters. The van der Waals surface area contributed by atoms with Gasteiger partial charge in [0.1, 0.15) is 25.0 Å². The van der Waals surface area contributed by atoms with Crippen LogP contribution in [0.1, 0.15) is 5.56 Å². The molecule has 0 amide bonds. The van der Waals surface area contributed by atoms with Gasteiger partial charge in [-0.05, 0) is 42.8 Å². The highest BCUT2D eigenvalue weighted by molar-refractivity contribution is 6.30. The van der Waals surface area contributed by atoms with Gasteiger partial charge in [0, 0.05) is 11.1 Å². The van der Waals surface area contributed by atoms with Crippen molar-refractivity contribution in [2.75, 3.05) is 18.5 Å². The van der Waals surface area contributed by atoms with Gasteiger partial charge < -0.3 is 9.84 Å². The molecular weight excluding hydrogens is 276 g/mol. The van der Waals surface area contributed by atoms with Crippen LogP contribution in [0.15, 0.2) is 42.6 Å². The van der Waals surface area contributed by atoms with Crippen LogP contribution in [0.4, 0.5) is 5.82 Å². The number of nitrogens with one attached hydrogen (secondary N) is 2. The highest BCUT2D eigenvalue weighted by Crippen LogP contribution is 2.15. The molecule has 0 saturated carbocycles. The van der Waals surface area contributed by atoms with Crippen molar-refractivity contribution >= 4 is 17.4 Å². The number of aryl methyl sites for hydroxylation is 1. The number of aliphatic hydroxyl groups is 1. The maximum atomic E-state index is 9.87. The number of H-pyrrole nitrogens is 1. The second kappa shape index (κ2) is 7.12. The fourth-order valence-corrected chi connectivity index (χ4v) is 1.82. The summed E-state index contributed by atoms with van der Waals surface area (Å²) in [5.74, 6) is 1.56. The van der Waals surface area contributed by atoms with Crippen molar-refractivity contribution in [3.05, 3.63) is 53.2 Å². The Bertz CT molecular complexity index is 546. The number of rotatable bonds is 6. The van der Waals surface area contributed by atoms with Crippen LogP contribution in [-0.4, -0.2) is 24.4 Å². The van der Waals surface area contributed by atoms with E-state index in [0.717, 1.165) is 11.4 Å². The van der Waals surface area contributed by atoms with E-state index in [-0.39, 0.29) is 6.61 Å². The summed E-state index contributed by atoms with van der Waals surface area (Å²) < 4.78 is 5.48. The molecule has 0 unspecified atom stereocenters. The molecule has 0 aliphatic rings. The molecular formula is C15H18ClN2O2+. The van der Waals surface area contributed by atoms with E-state index < -0.39 is 6.10 Å². The van der Waals surface area contributed by atoms with Crippen molar-refractivity contribution < 1.29 is 14.8 Å². The van der Waals surface area contributed by atoms with Gasteiger partial charge in [0.05, 0.1) is 6.20 Å². The number of benzene rings is 1. The first-order valence-electron chi connectivity index (χ1n) is 6.42. The molecule has 20 heavy (non-hydrogen) atoms. The smallest absolute Gasteiger partial charge is 0.272 e. The Kier molecular flexibility index (Phi) is 5.21. The first-order valence-corrected chi connectivity index (χ1v) is 6.80. The largest absolute Gasteiger partial charge is 0.491 e. The number of aromatic amines is 1.